The summed E-state index contributed by atoms with van der Waals surface area (Å²) in [7, 11) is 3.13. The molecule has 0 aromatic heterocycles. The number of hydrogen-bond donors (Lipinski definition) is 3. The summed E-state index contributed by atoms with van der Waals surface area (Å²) in [6.07, 6.45) is 2.20. The molecule has 1 aliphatic heterocycles. The van der Waals surface area contributed by atoms with Crippen molar-refractivity contribution in [3.63, 3.8) is 0 Å². The maximum absolute atomic E-state index is 12.6. The van der Waals surface area contributed by atoms with Crippen LogP contribution in [0.4, 0.5) is 5.69 Å². The van der Waals surface area contributed by atoms with Crippen LogP contribution < -0.4 is 20.5 Å². The first-order valence-corrected chi connectivity index (χ1v) is 11.2. The lowest BCUT2D eigenvalue weighted by Crippen LogP contribution is -2.39. The minimum absolute atomic E-state index is 0.214. The number of aliphatic hydroxyl groups is 1. The zero-order valence-corrected chi connectivity index (χ0v) is 19.4. The quantitative estimate of drug-likeness (QED) is 0.494. The van der Waals surface area contributed by atoms with Gasteiger partial charge in [-0.1, -0.05) is 23.7 Å². The van der Waals surface area contributed by atoms with Crippen molar-refractivity contribution in [2.45, 2.75) is 25.4 Å². The van der Waals surface area contributed by atoms with E-state index in [2.05, 4.69) is 10.2 Å². The highest BCUT2D eigenvalue weighted by Crippen LogP contribution is 2.29. The predicted octanol–water partition coefficient (Wildman–Crippen LogP) is 3.50. The van der Waals surface area contributed by atoms with Gasteiger partial charge in [-0.15, -0.1) is 0 Å². The monoisotopic (exact) mass is 461 g/mol. The summed E-state index contributed by atoms with van der Waals surface area (Å²) in [5, 5.41) is 13.8. The number of methoxy groups -OCH3 is 2. The summed E-state index contributed by atoms with van der Waals surface area (Å²) in [4.78, 5) is 15.0. The number of aliphatic hydroxyl groups excluding tert-OH is 1. The van der Waals surface area contributed by atoms with Gasteiger partial charge in [-0.3, -0.25) is 4.79 Å². The van der Waals surface area contributed by atoms with Crippen LogP contribution in [0.15, 0.2) is 36.4 Å². The third kappa shape index (κ3) is 6.28. The van der Waals surface area contributed by atoms with E-state index in [1.807, 2.05) is 24.3 Å². The maximum atomic E-state index is 12.6. The Morgan fingerprint density at radius 1 is 1.22 bits per heavy atom. The Hall–Kier alpha value is -2.48. The van der Waals surface area contributed by atoms with Crippen LogP contribution >= 0.6 is 11.6 Å². The van der Waals surface area contributed by atoms with Crippen molar-refractivity contribution in [1.29, 1.82) is 0 Å². The van der Waals surface area contributed by atoms with E-state index < -0.39 is 6.10 Å². The van der Waals surface area contributed by atoms with Crippen LogP contribution in [0.3, 0.4) is 0 Å². The molecule has 1 saturated heterocycles. The van der Waals surface area contributed by atoms with Crippen LogP contribution in [-0.2, 0) is 0 Å². The number of nitrogen functional groups attached to an aromatic ring is 1. The normalized spacial score (nSPS) is 15.9. The molecule has 0 aliphatic carbocycles. The standard InChI is InChI=1S/C24H32ClN3O4/c1-31-18-5-3-17(4-6-18)22(29)9-12-28-10-7-16(8-11-28)15-27-24(30)19-13-20(25)21(26)14-23(19)32-2/h3-6,13-14,16,22,29H,7-12,15,26H2,1-2H3,(H,27,30). The van der Waals surface area contributed by atoms with E-state index >= 15 is 0 Å². The fourth-order valence-electron chi connectivity index (χ4n) is 3.96. The minimum atomic E-state index is -0.486. The maximum Gasteiger partial charge on any atom is 0.255 e. The number of anilines is 1. The van der Waals surface area contributed by atoms with E-state index in [0.717, 1.165) is 43.8 Å². The highest BCUT2D eigenvalue weighted by atomic mass is 35.5. The van der Waals surface area contributed by atoms with E-state index in [1.54, 1.807) is 19.2 Å². The van der Waals surface area contributed by atoms with Gasteiger partial charge in [0.15, 0.2) is 0 Å². The van der Waals surface area contributed by atoms with Gasteiger partial charge in [0.25, 0.3) is 5.91 Å². The first kappa shape index (κ1) is 24.2. The van der Waals surface area contributed by atoms with E-state index in [9.17, 15) is 9.90 Å². The van der Waals surface area contributed by atoms with E-state index in [0.29, 0.717) is 40.9 Å². The summed E-state index contributed by atoms with van der Waals surface area (Å²) in [5.74, 6) is 1.40. The molecule has 4 N–H and O–H groups in total. The number of piperidine rings is 1. The molecule has 32 heavy (non-hydrogen) atoms. The Balaban J connectivity index is 1.41. The average molecular weight is 462 g/mol. The minimum Gasteiger partial charge on any atom is -0.497 e. The van der Waals surface area contributed by atoms with Gasteiger partial charge in [-0.25, -0.2) is 0 Å². The number of hydrogen-bond acceptors (Lipinski definition) is 6. The molecule has 3 rings (SSSR count). The Morgan fingerprint density at radius 3 is 2.53 bits per heavy atom. The smallest absolute Gasteiger partial charge is 0.255 e. The van der Waals surface area contributed by atoms with Crippen molar-refractivity contribution < 1.29 is 19.4 Å². The zero-order valence-electron chi connectivity index (χ0n) is 18.6. The van der Waals surface area contributed by atoms with Crippen LogP contribution in [0.25, 0.3) is 0 Å². The number of halogens is 1. The Kier molecular flexibility index (Phi) is 8.61. The second-order valence-electron chi connectivity index (χ2n) is 8.15. The van der Waals surface area contributed by atoms with Crippen LogP contribution in [0, 0.1) is 5.92 Å². The second-order valence-corrected chi connectivity index (χ2v) is 8.55. The topological polar surface area (TPSA) is 97.1 Å². The predicted molar refractivity (Wildman–Crippen MR) is 126 cm³/mol. The molecule has 0 radical (unpaired) electrons. The molecule has 2 aromatic carbocycles. The lowest BCUT2D eigenvalue weighted by Gasteiger charge is -2.32. The SMILES string of the molecule is COc1ccc(C(O)CCN2CCC(CNC(=O)c3cc(Cl)c(N)cc3OC)CC2)cc1. The summed E-state index contributed by atoms with van der Waals surface area (Å²) in [5.41, 5.74) is 7.46. The molecular formula is C24H32ClN3O4. The molecule has 0 spiro atoms. The Labute approximate surface area is 194 Å². The van der Waals surface area contributed by atoms with Gasteiger partial charge in [0.1, 0.15) is 11.5 Å². The summed E-state index contributed by atoms with van der Waals surface area (Å²) in [6.45, 7) is 3.35. The number of amides is 1. The van der Waals surface area contributed by atoms with E-state index in [4.69, 9.17) is 26.8 Å². The van der Waals surface area contributed by atoms with Crippen molar-refractivity contribution >= 4 is 23.2 Å². The number of likely N-dealkylation sites (tertiary alicyclic amines) is 1. The highest BCUT2D eigenvalue weighted by Gasteiger charge is 2.22. The molecule has 1 aliphatic rings. The summed E-state index contributed by atoms with van der Waals surface area (Å²) in [6, 6.07) is 10.7. The molecule has 174 valence electrons. The van der Waals surface area contributed by atoms with Gasteiger partial charge in [0.2, 0.25) is 0 Å². The molecular weight excluding hydrogens is 430 g/mol. The first-order chi connectivity index (χ1) is 15.4. The van der Waals surface area contributed by atoms with Crippen LogP contribution in [0.2, 0.25) is 5.02 Å². The molecule has 0 bridgehead atoms. The number of nitrogens with two attached hydrogens (primary N) is 1. The molecule has 7 nitrogen and oxygen atoms in total. The summed E-state index contributed by atoms with van der Waals surface area (Å²) >= 11 is 6.07. The number of carbonyl (C=O) groups excluding carboxylic acids is 1. The fraction of sp³-hybridized carbons (Fsp3) is 0.458. The lowest BCUT2D eigenvalue weighted by atomic mass is 9.96. The van der Waals surface area contributed by atoms with Gasteiger partial charge in [0, 0.05) is 19.2 Å². The molecule has 1 unspecified atom stereocenters. The number of nitrogens with zero attached hydrogens (tertiary/aromatic N) is 1. The van der Waals surface area contributed by atoms with E-state index in [-0.39, 0.29) is 5.91 Å². The number of rotatable bonds is 9. The van der Waals surface area contributed by atoms with Crippen molar-refractivity contribution in [2.24, 2.45) is 5.92 Å². The van der Waals surface area contributed by atoms with Gasteiger partial charge >= 0.3 is 0 Å². The van der Waals surface area contributed by atoms with Crippen molar-refractivity contribution in [3.8, 4) is 11.5 Å². The Bertz CT molecular complexity index is 899. The Morgan fingerprint density at radius 2 is 1.91 bits per heavy atom. The highest BCUT2D eigenvalue weighted by molar-refractivity contribution is 6.33. The average Bonchev–Trinajstić information content (AvgIpc) is 2.83. The second kappa shape index (κ2) is 11.4. The number of ether oxygens (including phenoxy) is 2. The third-order valence-electron chi connectivity index (χ3n) is 6.04. The molecule has 2 aromatic rings. The molecule has 8 heteroatoms. The molecule has 1 fully saturated rings. The van der Waals surface area contributed by atoms with Gasteiger partial charge in [0.05, 0.1) is 36.6 Å². The van der Waals surface area contributed by atoms with Crippen molar-refractivity contribution in [1.82, 2.24) is 10.2 Å². The number of carbonyl (C=O) groups is 1. The third-order valence-corrected chi connectivity index (χ3v) is 6.37. The summed E-state index contributed by atoms with van der Waals surface area (Å²) < 4.78 is 10.4. The molecule has 1 heterocycles. The largest absolute Gasteiger partial charge is 0.497 e. The molecule has 1 amide bonds. The lowest BCUT2D eigenvalue weighted by molar-refractivity contribution is 0.0925. The van der Waals surface area contributed by atoms with Crippen LogP contribution in [0.1, 0.15) is 41.3 Å². The van der Waals surface area contributed by atoms with Crippen LogP contribution in [0.5, 0.6) is 11.5 Å². The first-order valence-electron chi connectivity index (χ1n) is 10.9. The number of benzene rings is 2. The fourth-order valence-corrected chi connectivity index (χ4v) is 4.12. The van der Waals surface area contributed by atoms with Gasteiger partial charge < -0.3 is 30.5 Å². The number of nitrogens with one attached hydrogen (secondary N) is 1. The molecule has 1 atom stereocenters. The molecule has 0 saturated carbocycles. The van der Waals surface area contributed by atoms with Crippen molar-refractivity contribution in [3.05, 3.63) is 52.5 Å². The van der Waals surface area contributed by atoms with Gasteiger partial charge in [-0.05, 0) is 62.0 Å². The van der Waals surface area contributed by atoms with Gasteiger partial charge in [-0.2, -0.15) is 0 Å². The van der Waals surface area contributed by atoms with Crippen LogP contribution in [-0.4, -0.2) is 56.3 Å². The van der Waals surface area contributed by atoms with E-state index in [1.165, 1.54) is 7.11 Å². The van der Waals surface area contributed by atoms with Crippen molar-refractivity contribution in [2.75, 3.05) is 46.1 Å². The zero-order chi connectivity index (χ0) is 23.1.